The lowest BCUT2D eigenvalue weighted by Crippen LogP contribution is -2.39. The van der Waals surface area contributed by atoms with Crippen molar-refractivity contribution in [3.63, 3.8) is 0 Å². The largest absolute Gasteiger partial charge is 0.341 e. The predicted octanol–water partition coefficient (Wildman–Crippen LogP) is 2.28. The number of likely N-dealkylation sites (tertiary alicyclic amines) is 1. The fraction of sp³-hybridized carbons (Fsp3) is 0.588. The van der Waals surface area contributed by atoms with Gasteiger partial charge in [-0.25, -0.2) is 0 Å². The van der Waals surface area contributed by atoms with Gasteiger partial charge in [-0.3, -0.25) is 4.79 Å². The predicted molar refractivity (Wildman–Crippen MR) is 80.6 cm³/mol. The summed E-state index contributed by atoms with van der Waals surface area (Å²) in [6.07, 6.45) is 5.13. The van der Waals surface area contributed by atoms with Crippen LogP contribution in [0.25, 0.3) is 0 Å². The van der Waals surface area contributed by atoms with Gasteiger partial charge in [-0.2, -0.15) is 0 Å². The molecule has 0 aliphatic carbocycles. The van der Waals surface area contributed by atoms with E-state index in [1.807, 2.05) is 0 Å². The van der Waals surface area contributed by atoms with Gasteiger partial charge >= 0.3 is 0 Å². The van der Waals surface area contributed by atoms with Crippen LogP contribution in [0.3, 0.4) is 0 Å². The average Bonchev–Trinajstić information content (AvgIpc) is 2.77. The molecule has 108 valence electrons. The van der Waals surface area contributed by atoms with E-state index in [0.29, 0.717) is 24.4 Å². The molecule has 20 heavy (non-hydrogen) atoms. The van der Waals surface area contributed by atoms with Crippen LogP contribution in [-0.2, 0) is 11.2 Å². The van der Waals surface area contributed by atoms with Gasteiger partial charge in [0, 0.05) is 31.6 Å². The number of benzene rings is 1. The van der Waals surface area contributed by atoms with Crippen molar-refractivity contribution in [3.8, 4) is 0 Å². The summed E-state index contributed by atoms with van der Waals surface area (Å²) in [5, 5.41) is 3.62. The first-order valence-corrected chi connectivity index (χ1v) is 7.80. The molecule has 0 spiro atoms. The van der Waals surface area contributed by atoms with Crippen LogP contribution in [0.2, 0.25) is 0 Å². The summed E-state index contributed by atoms with van der Waals surface area (Å²) in [5.74, 6) is 0.319. The number of rotatable bonds is 3. The van der Waals surface area contributed by atoms with E-state index in [2.05, 4.69) is 41.4 Å². The van der Waals surface area contributed by atoms with E-state index in [1.165, 1.54) is 24.0 Å². The zero-order chi connectivity index (χ0) is 13.9. The van der Waals surface area contributed by atoms with Crippen LogP contribution in [0.15, 0.2) is 24.3 Å². The highest BCUT2D eigenvalue weighted by molar-refractivity contribution is 5.76. The van der Waals surface area contributed by atoms with Gasteiger partial charge in [0.25, 0.3) is 0 Å². The van der Waals surface area contributed by atoms with Crippen molar-refractivity contribution in [1.29, 1.82) is 0 Å². The fourth-order valence-corrected chi connectivity index (χ4v) is 3.33. The van der Waals surface area contributed by atoms with Gasteiger partial charge in [-0.1, -0.05) is 29.8 Å². The second kappa shape index (κ2) is 5.96. The smallest absolute Gasteiger partial charge is 0.222 e. The van der Waals surface area contributed by atoms with Crippen molar-refractivity contribution in [2.24, 2.45) is 0 Å². The number of carbonyl (C=O) groups excluding carboxylic acids is 1. The Morgan fingerprint density at radius 2 is 1.95 bits per heavy atom. The first kappa shape index (κ1) is 13.6. The maximum Gasteiger partial charge on any atom is 0.222 e. The minimum Gasteiger partial charge on any atom is -0.341 e. The van der Waals surface area contributed by atoms with E-state index < -0.39 is 0 Å². The molecule has 1 N–H and O–H groups in total. The van der Waals surface area contributed by atoms with Crippen LogP contribution in [0.1, 0.15) is 36.8 Å². The Labute approximate surface area is 121 Å². The molecular weight excluding hydrogens is 248 g/mol. The standard InChI is InChI=1S/C17H24N2O/c1-13-2-4-14(5-3-13)6-9-17(20)19-11-10-15-7-8-16(12-19)18-15/h2-5,15-16,18H,6-12H2,1H3. The topological polar surface area (TPSA) is 32.3 Å². The van der Waals surface area contributed by atoms with Gasteiger partial charge in [-0.15, -0.1) is 0 Å². The molecule has 2 saturated heterocycles. The number of hydrogen-bond donors (Lipinski definition) is 1. The van der Waals surface area contributed by atoms with Crippen molar-refractivity contribution in [2.45, 2.75) is 51.1 Å². The minimum absolute atomic E-state index is 0.319. The van der Waals surface area contributed by atoms with Crippen molar-refractivity contribution in [1.82, 2.24) is 10.2 Å². The highest BCUT2D eigenvalue weighted by atomic mass is 16.2. The lowest BCUT2D eigenvalue weighted by Gasteiger charge is -2.24. The zero-order valence-corrected chi connectivity index (χ0v) is 12.3. The molecule has 1 amide bonds. The second-order valence-electron chi connectivity index (χ2n) is 6.25. The molecule has 2 aliphatic rings. The Kier molecular flexibility index (Phi) is 4.06. The van der Waals surface area contributed by atoms with Crippen LogP contribution >= 0.6 is 0 Å². The highest BCUT2D eigenvalue weighted by Gasteiger charge is 2.30. The normalized spacial score (nSPS) is 25.6. The molecule has 2 fully saturated rings. The van der Waals surface area contributed by atoms with Crippen molar-refractivity contribution < 1.29 is 4.79 Å². The van der Waals surface area contributed by atoms with E-state index >= 15 is 0 Å². The minimum atomic E-state index is 0.319. The van der Waals surface area contributed by atoms with Crippen LogP contribution < -0.4 is 5.32 Å². The first-order chi connectivity index (χ1) is 9.70. The average molecular weight is 272 g/mol. The van der Waals surface area contributed by atoms with E-state index in [1.54, 1.807) is 0 Å². The Hall–Kier alpha value is -1.35. The van der Waals surface area contributed by atoms with Gasteiger partial charge < -0.3 is 10.2 Å². The Bertz CT molecular complexity index is 468. The van der Waals surface area contributed by atoms with Crippen molar-refractivity contribution >= 4 is 5.91 Å². The maximum absolute atomic E-state index is 12.4. The van der Waals surface area contributed by atoms with Crippen molar-refractivity contribution in [3.05, 3.63) is 35.4 Å². The van der Waals surface area contributed by atoms with Crippen LogP contribution in [0, 0.1) is 6.92 Å². The van der Waals surface area contributed by atoms with Gasteiger partial charge in [0.1, 0.15) is 0 Å². The molecule has 0 radical (unpaired) electrons. The molecule has 0 aromatic heterocycles. The monoisotopic (exact) mass is 272 g/mol. The third kappa shape index (κ3) is 3.21. The summed E-state index contributed by atoms with van der Waals surface area (Å²) in [6.45, 7) is 3.93. The van der Waals surface area contributed by atoms with Gasteiger partial charge in [0.05, 0.1) is 0 Å². The SMILES string of the molecule is Cc1ccc(CCC(=O)N2CCC3CCC(C2)N3)cc1. The number of nitrogens with one attached hydrogen (secondary N) is 1. The second-order valence-corrected chi connectivity index (χ2v) is 6.25. The number of nitrogens with zero attached hydrogens (tertiary/aromatic N) is 1. The number of fused-ring (bicyclic) bond motifs is 2. The van der Waals surface area contributed by atoms with E-state index in [9.17, 15) is 4.79 Å². The molecule has 1 aromatic carbocycles. The van der Waals surface area contributed by atoms with Crippen molar-refractivity contribution in [2.75, 3.05) is 13.1 Å². The molecule has 2 atom stereocenters. The number of amides is 1. The molecule has 1 aromatic rings. The highest BCUT2D eigenvalue weighted by Crippen LogP contribution is 2.21. The molecule has 2 bridgehead atoms. The third-order valence-electron chi connectivity index (χ3n) is 4.62. The summed E-state index contributed by atoms with van der Waals surface area (Å²) < 4.78 is 0. The molecule has 3 rings (SSSR count). The van der Waals surface area contributed by atoms with Gasteiger partial charge in [-0.05, 0) is 38.2 Å². The van der Waals surface area contributed by atoms with E-state index in [0.717, 1.165) is 25.9 Å². The fourth-order valence-electron chi connectivity index (χ4n) is 3.33. The summed E-state index contributed by atoms with van der Waals surface area (Å²) in [6, 6.07) is 9.69. The number of carbonyl (C=O) groups is 1. The Morgan fingerprint density at radius 3 is 2.75 bits per heavy atom. The molecule has 3 nitrogen and oxygen atoms in total. The summed E-state index contributed by atoms with van der Waals surface area (Å²) in [7, 11) is 0. The summed E-state index contributed by atoms with van der Waals surface area (Å²) in [5.41, 5.74) is 2.54. The number of hydrogen-bond acceptors (Lipinski definition) is 2. The quantitative estimate of drug-likeness (QED) is 0.915. The molecule has 0 saturated carbocycles. The Balaban J connectivity index is 1.52. The number of aryl methyl sites for hydroxylation is 2. The lowest BCUT2D eigenvalue weighted by molar-refractivity contribution is -0.131. The zero-order valence-electron chi connectivity index (χ0n) is 12.3. The van der Waals surface area contributed by atoms with Gasteiger partial charge in [0.15, 0.2) is 0 Å². The summed E-state index contributed by atoms with van der Waals surface area (Å²) in [4.78, 5) is 14.4. The lowest BCUT2D eigenvalue weighted by atomic mass is 10.1. The van der Waals surface area contributed by atoms with Crippen LogP contribution in [0.5, 0.6) is 0 Å². The molecule has 2 heterocycles. The van der Waals surface area contributed by atoms with E-state index in [-0.39, 0.29) is 0 Å². The first-order valence-electron chi connectivity index (χ1n) is 7.80. The van der Waals surface area contributed by atoms with E-state index in [4.69, 9.17) is 0 Å². The maximum atomic E-state index is 12.4. The Morgan fingerprint density at radius 1 is 1.20 bits per heavy atom. The molecule has 2 aliphatic heterocycles. The van der Waals surface area contributed by atoms with Crippen LogP contribution in [0.4, 0.5) is 0 Å². The third-order valence-corrected chi connectivity index (χ3v) is 4.62. The van der Waals surface area contributed by atoms with Crippen LogP contribution in [-0.4, -0.2) is 36.0 Å². The summed E-state index contributed by atoms with van der Waals surface area (Å²) >= 11 is 0. The molecular formula is C17H24N2O. The van der Waals surface area contributed by atoms with Gasteiger partial charge in [0.2, 0.25) is 5.91 Å². The molecule has 2 unspecified atom stereocenters. The molecule has 3 heteroatoms.